The lowest BCUT2D eigenvalue weighted by molar-refractivity contribution is 0.0546. The van der Waals surface area contributed by atoms with Crippen LogP contribution < -0.4 is 15.4 Å². The van der Waals surface area contributed by atoms with E-state index in [-0.39, 0.29) is 18.1 Å². The number of carbonyl (C=O) groups excluding carboxylic acids is 1. The summed E-state index contributed by atoms with van der Waals surface area (Å²) in [6, 6.07) is 15.7. The fourth-order valence-corrected chi connectivity index (χ4v) is 3.55. The Balaban J connectivity index is 1.45. The highest BCUT2D eigenvalue weighted by Crippen LogP contribution is 2.24. The molecule has 0 bridgehead atoms. The Morgan fingerprint density at radius 1 is 1.13 bits per heavy atom. The number of amides is 1. The summed E-state index contributed by atoms with van der Waals surface area (Å²) in [6.45, 7) is 7.54. The summed E-state index contributed by atoms with van der Waals surface area (Å²) in [5, 5.41) is 16.5. The van der Waals surface area contributed by atoms with E-state index < -0.39 is 0 Å². The van der Waals surface area contributed by atoms with Crippen LogP contribution in [0.3, 0.4) is 0 Å². The molecule has 0 saturated carbocycles. The van der Waals surface area contributed by atoms with Crippen molar-refractivity contribution in [1.29, 1.82) is 0 Å². The number of nitrogens with one attached hydrogen (secondary N) is 2. The molecule has 1 aliphatic rings. The minimum atomic E-state index is -0.276. The van der Waals surface area contributed by atoms with Crippen molar-refractivity contribution in [3.8, 4) is 5.75 Å². The number of para-hydroxylation sites is 2. The van der Waals surface area contributed by atoms with Crippen LogP contribution in [0, 0.1) is 0 Å². The van der Waals surface area contributed by atoms with E-state index >= 15 is 0 Å². The highest BCUT2D eigenvalue weighted by molar-refractivity contribution is 5.94. The topological polar surface area (TPSA) is 73.8 Å². The van der Waals surface area contributed by atoms with Crippen molar-refractivity contribution in [3.63, 3.8) is 0 Å². The molecule has 1 saturated heterocycles. The van der Waals surface area contributed by atoms with Crippen molar-refractivity contribution in [2.75, 3.05) is 31.5 Å². The number of aliphatic hydroxyl groups excluding tert-OH is 1. The molecule has 1 aliphatic heterocycles. The average Bonchev–Trinajstić information content (AvgIpc) is 2.74. The molecule has 2 aromatic carbocycles. The number of ether oxygens (including phenoxy) is 1. The van der Waals surface area contributed by atoms with Gasteiger partial charge in [-0.1, -0.05) is 24.3 Å². The first kappa shape index (κ1) is 22.1. The number of nitrogens with zero attached hydrogens (tertiary/aromatic N) is 1. The van der Waals surface area contributed by atoms with Gasteiger partial charge in [-0.05, 0) is 56.5 Å². The Labute approximate surface area is 179 Å². The predicted octanol–water partition coefficient (Wildman–Crippen LogP) is 3.27. The van der Waals surface area contributed by atoms with Gasteiger partial charge in [0.05, 0.1) is 17.9 Å². The maximum absolute atomic E-state index is 12.7. The minimum Gasteiger partial charge on any atom is -0.489 e. The zero-order valence-electron chi connectivity index (χ0n) is 17.9. The predicted molar refractivity (Wildman–Crippen MR) is 120 cm³/mol. The summed E-state index contributed by atoms with van der Waals surface area (Å²) in [5.74, 6) is 0.913. The molecule has 0 aromatic heterocycles. The average molecular weight is 412 g/mol. The van der Waals surface area contributed by atoms with Gasteiger partial charge >= 0.3 is 0 Å². The van der Waals surface area contributed by atoms with Gasteiger partial charge < -0.3 is 25.4 Å². The molecule has 3 N–H and O–H groups in total. The molecular formula is C24H33N3O3. The molecule has 0 radical (unpaired) electrons. The van der Waals surface area contributed by atoms with Crippen molar-refractivity contribution in [1.82, 2.24) is 10.2 Å². The van der Waals surface area contributed by atoms with Crippen LogP contribution in [0.15, 0.2) is 48.5 Å². The molecule has 6 heteroatoms. The number of piperidine rings is 1. The number of carbonyl (C=O) groups is 1. The second-order valence-electron chi connectivity index (χ2n) is 7.99. The van der Waals surface area contributed by atoms with E-state index in [1.54, 1.807) is 0 Å². The monoisotopic (exact) mass is 411 g/mol. The molecule has 6 nitrogen and oxygen atoms in total. The van der Waals surface area contributed by atoms with Crippen LogP contribution in [0.25, 0.3) is 0 Å². The normalized spacial score (nSPS) is 14.7. The van der Waals surface area contributed by atoms with E-state index in [0.29, 0.717) is 38.0 Å². The van der Waals surface area contributed by atoms with Gasteiger partial charge in [-0.25, -0.2) is 0 Å². The lowest BCUT2D eigenvalue weighted by Gasteiger charge is -2.29. The Kier molecular flexibility index (Phi) is 8.11. The van der Waals surface area contributed by atoms with Crippen molar-refractivity contribution < 1.29 is 14.6 Å². The van der Waals surface area contributed by atoms with Gasteiger partial charge in [-0.3, -0.25) is 4.79 Å². The Bertz CT molecular complexity index is 817. The van der Waals surface area contributed by atoms with E-state index in [0.717, 1.165) is 30.1 Å². The molecule has 1 fully saturated rings. The molecule has 1 amide bonds. The fourth-order valence-electron chi connectivity index (χ4n) is 3.55. The van der Waals surface area contributed by atoms with Gasteiger partial charge in [0.1, 0.15) is 5.75 Å². The lowest BCUT2D eigenvalue weighted by Crippen LogP contribution is -2.40. The molecular weight excluding hydrogens is 378 g/mol. The minimum absolute atomic E-state index is 0.0483. The maximum atomic E-state index is 12.7. The third-order valence-electron chi connectivity index (χ3n) is 5.12. The number of rotatable bonds is 9. The number of anilines is 1. The van der Waals surface area contributed by atoms with Crippen LogP contribution in [0.1, 0.15) is 42.6 Å². The van der Waals surface area contributed by atoms with Crippen LogP contribution in [-0.2, 0) is 6.54 Å². The molecule has 0 spiro atoms. The molecule has 1 heterocycles. The molecule has 0 unspecified atom stereocenters. The van der Waals surface area contributed by atoms with E-state index in [9.17, 15) is 9.90 Å². The van der Waals surface area contributed by atoms with Crippen LogP contribution in [-0.4, -0.2) is 54.3 Å². The summed E-state index contributed by atoms with van der Waals surface area (Å²) < 4.78 is 5.83. The van der Waals surface area contributed by atoms with E-state index in [2.05, 4.69) is 10.6 Å². The van der Waals surface area contributed by atoms with E-state index in [1.165, 1.54) is 0 Å². The first-order valence-corrected chi connectivity index (χ1v) is 10.8. The van der Waals surface area contributed by atoms with Crippen molar-refractivity contribution in [2.24, 2.45) is 0 Å². The summed E-state index contributed by atoms with van der Waals surface area (Å²) in [4.78, 5) is 14.5. The number of hydrogen-bond acceptors (Lipinski definition) is 5. The molecule has 3 rings (SSSR count). The number of hydrogen-bond donors (Lipinski definition) is 3. The standard InChI is InChI=1S/C24H33N3O3/c1-18(2)30-23-9-4-3-8-22(23)26-13-12-25-17-19-6-5-7-20(16-19)24(29)27-14-10-21(28)11-15-27/h3-9,16,18,21,25-26,28H,10-15,17H2,1-2H3. The summed E-state index contributed by atoms with van der Waals surface area (Å²) in [7, 11) is 0. The summed E-state index contributed by atoms with van der Waals surface area (Å²) in [5.41, 5.74) is 2.79. The van der Waals surface area contributed by atoms with Crippen molar-refractivity contribution >= 4 is 11.6 Å². The highest BCUT2D eigenvalue weighted by Gasteiger charge is 2.22. The highest BCUT2D eigenvalue weighted by atomic mass is 16.5. The van der Waals surface area contributed by atoms with E-state index in [4.69, 9.17) is 4.74 Å². The quantitative estimate of drug-likeness (QED) is 0.552. The van der Waals surface area contributed by atoms with Gasteiger partial charge in [0.2, 0.25) is 0 Å². The van der Waals surface area contributed by atoms with Crippen LogP contribution in [0.5, 0.6) is 5.75 Å². The number of benzene rings is 2. The Hall–Kier alpha value is -2.57. The molecule has 0 aliphatic carbocycles. The van der Waals surface area contributed by atoms with Gasteiger partial charge in [-0.15, -0.1) is 0 Å². The van der Waals surface area contributed by atoms with Crippen LogP contribution >= 0.6 is 0 Å². The molecule has 2 aromatic rings. The largest absolute Gasteiger partial charge is 0.489 e. The van der Waals surface area contributed by atoms with Crippen LogP contribution in [0.4, 0.5) is 5.69 Å². The fraction of sp³-hybridized carbons (Fsp3) is 0.458. The van der Waals surface area contributed by atoms with Gasteiger partial charge in [0, 0.05) is 38.3 Å². The summed E-state index contributed by atoms with van der Waals surface area (Å²) in [6.07, 6.45) is 1.18. The zero-order valence-corrected chi connectivity index (χ0v) is 17.9. The Morgan fingerprint density at radius 2 is 1.90 bits per heavy atom. The van der Waals surface area contributed by atoms with Gasteiger partial charge in [0.25, 0.3) is 5.91 Å². The second-order valence-corrected chi connectivity index (χ2v) is 7.99. The molecule has 30 heavy (non-hydrogen) atoms. The first-order valence-electron chi connectivity index (χ1n) is 10.8. The van der Waals surface area contributed by atoms with Crippen molar-refractivity contribution in [2.45, 2.75) is 45.4 Å². The smallest absolute Gasteiger partial charge is 0.253 e. The van der Waals surface area contributed by atoms with Crippen molar-refractivity contribution in [3.05, 3.63) is 59.7 Å². The number of likely N-dealkylation sites (tertiary alicyclic amines) is 1. The van der Waals surface area contributed by atoms with Crippen LogP contribution in [0.2, 0.25) is 0 Å². The second kappa shape index (κ2) is 11.0. The number of aliphatic hydroxyl groups is 1. The van der Waals surface area contributed by atoms with Gasteiger partial charge in [0.15, 0.2) is 0 Å². The van der Waals surface area contributed by atoms with E-state index in [1.807, 2.05) is 67.3 Å². The lowest BCUT2D eigenvalue weighted by atomic mass is 10.1. The summed E-state index contributed by atoms with van der Waals surface area (Å²) >= 11 is 0. The Morgan fingerprint density at radius 3 is 2.67 bits per heavy atom. The zero-order chi connectivity index (χ0) is 21.3. The first-order chi connectivity index (χ1) is 14.5. The SMILES string of the molecule is CC(C)Oc1ccccc1NCCNCc1cccc(C(=O)N2CCC(O)CC2)c1. The molecule has 162 valence electrons. The third-order valence-corrected chi connectivity index (χ3v) is 5.12. The maximum Gasteiger partial charge on any atom is 0.253 e. The third kappa shape index (κ3) is 6.47. The molecule has 0 atom stereocenters. The van der Waals surface area contributed by atoms with Gasteiger partial charge in [-0.2, -0.15) is 0 Å².